The molecule has 0 spiro atoms. The van der Waals surface area contributed by atoms with E-state index in [-0.39, 0.29) is 6.54 Å². The van der Waals surface area contributed by atoms with Gasteiger partial charge in [0.15, 0.2) is 11.5 Å². The van der Waals surface area contributed by atoms with Crippen molar-refractivity contribution in [2.24, 2.45) is 0 Å². The minimum absolute atomic E-state index is 0.334. The first-order valence-corrected chi connectivity index (χ1v) is 11.5. The van der Waals surface area contributed by atoms with Crippen LogP contribution in [0, 0.1) is 0 Å². The highest BCUT2D eigenvalue weighted by molar-refractivity contribution is 7.92. The zero-order valence-electron chi connectivity index (χ0n) is 16.9. The Hall–Kier alpha value is -2.74. The maximum Gasteiger partial charge on any atom is 0.245 e. The van der Waals surface area contributed by atoms with E-state index in [9.17, 15) is 13.2 Å². The summed E-state index contributed by atoms with van der Waals surface area (Å²) in [6.07, 6.45) is 2.61. The molecule has 3 rings (SSSR count). The number of hydrogen-bond acceptors (Lipinski definition) is 5. The highest BCUT2D eigenvalue weighted by atomic mass is 32.2. The van der Waals surface area contributed by atoms with Crippen LogP contribution in [0.15, 0.2) is 36.4 Å². The van der Waals surface area contributed by atoms with Gasteiger partial charge in [-0.15, -0.1) is 0 Å². The van der Waals surface area contributed by atoms with Crippen molar-refractivity contribution in [3.05, 3.63) is 47.5 Å². The lowest BCUT2D eigenvalue weighted by molar-refractivity contribution is -0.114. The van der Waals surface area contributed by atoms with Crippen LogP contribution in [0.2, 0.25) is 0 Å². The van der Waals surface area contributed by atoms with Crippen molar-refractivity contribution in [3.8, 4) is 11.5 Å². The first kappa shape index (κ1) is 21.0. The number of rotatable bonds is 7. The van der Waals surface area contributed by atoms with Gasteiger partial charge in [-0.05, 0) is 36.1 Å². The fourth-order valence-corrected chi connectivity index (χ4v) is 4.15. The van der Waals surface area contributed by atoms with Crippen molar-refractivity contribution in [1.82, 2.24) is 0 Å². The maximum atomic E-state index is 12.8. The number of aryl methyl sites for hydroxylation is 2. The Bertz CT molecular complexity index is 982. The van der Waals surface area contributed by atoms with Crippen LogP contribution in [0.5, 0.6) is 11.5 Å². The molecule has 2 aromatic rings. The summed E-state index contributed by atoms with van der Waals surface area (Å²) in [4.78, 5) is 12.8. The monoisotopic (exact) mass is 418 g/mol. The summed E-state index contributed by atoms with van der Waals surface area (Å²) >= 11 is 0. The molecule has 1 heterocycles. The lowest BCUT2D eigenvalue weighted by Gasteiger charge is -2.25. The zero-order valence-corrected chi connectivity index (χ0v) is 17.7. The first-order chi connectivity index (χ1) is 13.8. The molecule has 1 amide bonds. The number of fused-ring (bicyclic) bond motifs is 1. The molecule has 0 saturated heterocycles. The van der Waals surface area contributed by atoms with Gasteiger partial charge in [0.25, 0.3) is 0 Å². The van der Waals surface area contributed by atoms with Crippen LogP contribution in [-0.2, 0) is 27.7 Å². The smallest absolute Gasteiger partial charge is 0.245 e. The van der Waals surface area contributed by atoms with Crippen LogP contribution in [-0.4, -0.2) is 40.3 Å². The number of benzene rings is 2. The summed E-state index contributed by atoms with van der Waals surface area (Å²) in [5, 5.41) is 2.91. The van der Waals surface area contributed by atoms with Crippen molar-refractivity contribution in [2.75, 3.05) is 35.6 Å². The van der Waals surface area contributed by atoms with E-state index in [0.717, 1.165) is 40.2 Å². The molecular formula is C21H26N2O5S. The van der Waals surface area contributed by atoms with Crippen molar-refractivity contribution >= 4 is 27.3 Å². The summed E-state index contributed by atoms with van der Waals surface area (Å²) < 4.78 is 36.9. The quantitative estimate of drug-likeness (QED) is 0.747. The van der Waals surface area contributed by atoms with Crippen molar-refractivity contribution in [2.45, 2.75) is 26.7 Å². The molecule has 7 nitrogen and oxygen atoms in total. The van der Waals surface area contributed by atoms with E-state index in [4.69, 9.17) is 9.47 Å². The van der Waals surface area contributed by atoms with E-state index < -0.39 is 15.9 Å². The number of nitrogens with zero attached hydrogens (tertiary/aromatic N) is 1. The maximum absolute atomic E-state index is 12.8. The summed E-state index contributed by atoms with van der Waals surface area (Å²) in [6, 6.07) is 10.7. The number of amides is 1. The fourth-order valence-electron chi connectivity index (χ4n) is 3.30. The molecule has 0 saturated carbocycles. The molecule has 0 bridgehead atoms. The molecule has 0 aliphatic carbocycles. The lowest BCUT2D eigenvalue weighted by atomic mass is 10.0. The topological polar surface area (TPSA) is 84.9 Å². The number of ether oxygens (including phenoxy) is 2. The van der Waals surface area contributed by atoms with E-state index in [2.05, 4.69) is 5.32 Å². The van der Waals surface area contributed by atoms with Crippen LogP contribution < -0.4 is 19.1 Å². The minimum atomic E-state index is -3.69. The molecular weight excluding hydrogens is 392 g/mol. The molecule has 29 heavy (non-hydrogen) atoms. The second-order valence-corrected chi connectivity index (χ2v) is 8.71. The number of nitrogens with one attached hydrogen (secondary N) is 1. The van der Waals surface area contributed by atoms with Gasteiger partial charge in [0.05, 0.1) is 11.9 Å². The first-order valence-electron chi connectivity index (χ1n) is 9.61. The molecule has 0 aromatic heterocycles. The number of carbonyl (C=O) groups excluding carboxylic acids is 1. The molecule has 0 atom stereocenters. The van der Waals surface area contributed by atoms with Gasteiger partial charge in [-0.25, -0.2) is 8.42 Å². The Morgan fingerprint density at radius 2 is 1.66 bits per heavy atom. The summed E-state index contributed by atoms with van der Waals surface area (Å²) in [6.45, 7) is 4.54. The molecule has 2 aromatic carbocycles. The van der Waals surface area contributed by atoms with E-state index in [1.807, 2.05) is 32.0 Å². The summed E-state index contributed by atoms with van der Waals surface area (Å²) in [5.74, 6) is 0.621. The van der Waals surface area contributed by atoms with Gasteiger partial charge in [0, 0.05) is 11.8 Å². The number of carbonyl (C=O) groups is 1. The van der Waals surface area contributed by atoms with Crippen LogP contribution in [0.3, 0.4) is 0 Å². The molecule has 8 heteroatoms. The van der Waals surface area contributed by atoms with Gasteiger partial charge in [0.1, 0.15) is 19.8 Å². The molecule has 0 fully saturated rings. The van der Waals surface area contributed by atoms with Crippen molar-refractivity contribution < 1.29 is 22.7 Å². The van der Waals surface area contributed by atoms with Crippen LogP contribution in [0.25, 0.3) is 0 Å². The third-order valence-electron chi connectivity index (χ3n) is 4.76. The van der Waals surface area contributed by atoms with E-state index in [0.29, 0.717) is 30.4 Å². The van der Waals surface area contributed by atoms with Gasteiger partial charge in [0.2, 0.25) is 15.9 Å². The van der Waals surface area contributed by atoms with E-state index in [1.165, 1.54) is 0 Å². The Labute approximate surface area is 171 Å². The fraction of sp³-hybridized carbons (Fsp3) is 0.381. The highest BCUT2D eigenvalue weighted by Crippen LogP contribution is 2.34. The molecule has 1 N–H and O–H groups in total. The zero-order chi connectivity index (χ0) is 21.0. The average Bonchev–Trinajstić information content (AvgIpc) is 2.71. The van der Waals surface area contributed by atoms with Crippen molar-refractivity contribution in [1.29, 1.82) is 0 Å². The van der Waals surface area contributed by atoms with Crippen LogP contribution >= 0.6 is 0 Å². The summed E-state index contributed by atoms with van der Waals surface area (Å²) in [5.41, 5.74) is 3.15. The van der Waals surface area contributed by atoms with Gasteiger partial charge in [-0.2, -0.15) is 0 Å². The predicted molar refractivity (Wildman–Crippen MR) is 113 cm³/mol. The van der Waals surface area contributed by atoms with E-state index in [1.54, 1.807) is 18.2 Å². The Morgan fingerprint density at radius 3 is 2.24 bits per heavy atom. The minimum Gasteiger partial charge on any atom is -0.486 e. The number of hydrogen-bond donors (Lipinski definition) is 1. The lowest BCUT2D eigenvalue weighted by Crippen LogP contribution is -2.37. The van der Waals surface area contributed by atoms with Crippen molar-refractivity contribution in [3.63, 3.8) is 0 Å². The molecule has 156 valence electrons. The summed E-state index contributed by atoms with van der Waals surface area (Å²) in [7, 11) is -3.69. The largest absolute Gasteiger partial charge is 0.486 e. The Kier molecular flexibility index (Phi) is 6.32. The standard InChI is InChI=1S/C21H26N2O5S/c1-4-15-7-6-8-16(5-2)21(15)22-20(24)14-23(29(3,25)26)17-9-10-18-19(13-17)28-12-11-27-18/h6-10,13H,4-5,11-12,14H2,1-3H3,(H,22,24). The van der Waals surface area contributed by atoms with Gasteiger partial charge in [-0.3, -0.25) is 9.10 Å². The SMILES string of the molecule is CCc1cccc(CC)c1NC(=O)CN(c1ccc2c(c1)OCCO2)S(C)(=O)=O. The highest BCUT2D eigenvalue weighted by Gasteiger charge is 2.24. The third-order valence-corrected chi connectivity index (χ3v) is 5.91. The Balaban J connectivity index is 1.86. The molecule has 1 aliphatic rings. The number of anilines is 2. The van der Waals surface area contributed by atoms with E-state index >= 15 is 0 Å². The average molecular weight is 419 g/mol. The molecule has 0 radical (unpaired) electrons. The normalized spacial score (nSPS) is 13.1. The predicted octanol–water partition coefficient (Wildman–Crippen LogP) is 2.99. The molecule has 0 unspecified atom stereocenters. The molecule has 1 aliphatic heterocycles. The second-order valence-electron chi connectivity index (χ2n) is 6.80. The van der Waals surface area contributed by atoms with Gasteiger partial charge < -0.3 is 14.8 Å². The van der Waals surface area contributed by atoms with Gasteiger partial charge >= 0.3 is 0 Å². The Morgan fingerprint density at radius 1 is 1.03 bits per heavy atom. The van der Waals surface area contributed by atoms with Gasteiger partial charge in [-0.1, -0.05) is 32.0 Å². The number of sulfonamides is 1. The van der Waals surface area contributed by atoms with Crippen LogP contribution in [0.1, 0.15) is 25.0 Å². The van der Waals surface area contributed by atoms with Crippen LogP contribution in [0.4, 0.5) is 11.4 Å². The third kappa shape index (κ3) is 4.82. The second kappa shape index (κ2) is 8.73. The number of para-hydroxylation sites is 1.